The Morgan fingerprint density at radius 2 is 1.69 bits per heavy atom. The van der Waals surface area contributed by atoms with Crippen LogP contribution in [0.3, 0.4) is 0 Å². The van der Waals surface area contributed by atoms with Crippen molar-refractivity contribution in [2.45, 2.75) is 76.8 Å². The quantitative estimate of drug-likeness (QED) is 0.600. The van der Waals surface area contributed by atoms with E-state index in [-0.39, 0.29) is 40.3 Å². The second kappa shape index (κ2) is 10.1. The maximum Gasteiger partial charge on any atom is 0.225 e. The van der Waals surface area contributed by atoms with Gasteiger partial charge in [0.05, 0.1) is 11.5 Å². The molecule has 1 spiro atoms. The average molecular weight is 518 g/mol. The molecule has 2 heterocycles. The zero-order valence-electron chi connectivity index (χ0n) is 22.4. The molecule has 8 heteroatoms. The Labute approximate surface area is 216 Å². The molecule has 1 aliphatic carbocycles. The predicted octanol–water partition coefficient (Wildman–Crippen LogP) is 3.35. The van der Waals surface area contributed by atoms with Crippen LogP contribution in [0.4, 0.5) is 0 Å². The molecule has 0 bridgehead atoms. The Balaban J connectivity index is 1.32. The number of amides is 2. The minimum Gasteiger partial charge on any atom is -0.353 e. The molecule has 0 radical (unpaired) electrons. The fourth-order valence-electron chi connectivity index (χ4n) is 6.40. The molecule has 200 valence electrons. The molecular formula is C28H43N3O4S. The van der Waals surface area contributed by atoms with Crippen LogP contribution in [-0.2, 0) is 25.0 Å². The number of likely N-dealkylation sites (tertiary alicyclic amines) is 1. The van der Waals surface area contributed by atoms with Crippen LogP contribution in [0.5, 0.6) is 0 Å². The van der Waals surface area contributed by atoms with E-state index in [2.05, 4.69) is 54.6 Å². The first kappa shape index (κ1) is 27.1. The van der Waals surface area contributed by atoms with Gasteiger partial charge in [0, 0.05) is 36.5 Å². The third kappa shape index (κ3) is 5.64. The van der Waals surface area contributed by atoms with Crippen LogP contribution in [0.25, 0.3) is 0 Å². The summed E-state index contributed by atoms with van der Waals surface area (Å²) in [6.07, 6.45) is 6.29. The topological polar surface area (TPSA) is 86.8 Å². The zero-order valence-corrected chi connectivity index (χ0v) is 23.2. The summed E-state index contributed by atoms with van der Waals surface area (Å²) in [6.45, 7) is 5.20. The van der Waals surface area contributed by atoms with Gasteiger partial charge in [-0.05, 0) is 70.0 Å². The summed E-state index contributed by atoms with van der Waals surface area (Å²) in [5.41, 5.74) is 0.786. The van der Waals surface area contributed by atoms with Crippen LogP contribution in [0, 0.1) is 10.8 Å². The molecule has 1 N–H and O–H groups in total. The van der Waals surface area contributed by atoms with Gasteiger partial charge in [0.2, 0.25) is 11.8 Å². The highest BCUT2D eigenvalue weighted by atomic mass is 32.2. The SMILES string of the molecule is CN(C)C1(c2ccccc2)CCC2(CC1)CC(=O)N(CCC(C)(C)C(=O)NC1CCS(=O)(=O)CC1)C2. The van der Waals surface area contributed by atoms with E-state index in [9.17, 15) is 18.0 Å². The lowest BCUT2D eigenvalue weighted by Crippen LogP contribution is -2.48. The lowest BCUT2D eigenvalue weighted by atomic mass is 9.64. The third-order valence-electron chi connectivity index (χ3n) is 9.22. The average Bonchev–Trinajstić information content (AvgIpc) is 3.15. The minimum absolute atomic E-state index is 0.0154. The third-order valence-corrected chi connectivity index (χ3v) is 10.9. The van der Waals surface area contributed by atoms with E-state index < -0.39 is 15.3 Å². The molecular weight excluding hydrogens is 474 g/mol. The molecule has 0 unspecified atom stereocenters. The van der Waals surface area contributed by atoms with Gasteiger partial charge in [-0.3, -0.25) is 14.5 Å². The van der Waals surface area contributed by atoms with Crippen LogP contribution >= 0.6 is 0 Å². The first-order valence-corrected chi connectivity index (χ1v) is 15.2. The van der Waals surface area contributed by atoms with Crippen LogP contribution < -0.4 is 5.32 Å². The van der Waals surface area contributed by atoms with Gasteiger partial charge in [-0.15, -0.1) is 0 Å². The van der Waals surface area contributed by atoms with Crippen molar-refractivity contribution in [2.75, 3.05) is 38.7 Å². The van der Waals surface area contributed by atoms with E-state index in [4.69, 9.17) is 0 Å². The molecule has 2 aliphatic heterocycles. The monoisotopic (exact) mass is 517 g/mol. The Morgan fingerprint density at radius 3 is 2.28 bits per heavy atom. The summed E-state index contributed by atoms with van der Waals surface area (Å²) in [7, 11) is 1.37. The van der Waals surface area contributed by atoms with Gasteiger partial charge in [-0.1, -0.05) is 44.2 Å². The number of nitrogens with zero attached hydrogens (tertiary/aromatic N) is 2. The van der Waals surface area contributed by atoms with E-state index >= 15 is 0 Å². The lowest BCUT2D eigenvalue weighted by molar-refractivity contribution is -0.133. The van der Waals surface area contributed by atoms with Crippen molar-refractivity contribution < 1.29 is 18.0 Å². The molecule has 0 atom stereocenters. The van der Waals surface area contributed by atoms with E-state index in [0.29, 0.717) is 32.2 Å². The molecule has 0 aromatic heterocycles. The lowest BCUT2D eigenvalue weighted by Gasteiger charge is -2.49. The molecule has 36 heavy (non-hydrogen) atoms. The highest BCUT2D eigenvalue weighted by Gasteiger charge is 2.50. The van der Waals surface area contributed by atoms with Crippen LogP contribution in [0.15, 0.2) is 30.3 Å². The Bertz CT molecular complexity index is 1050. The van der Waals surface area contributed by atoms with Crippen molar-refractivity contribution in [1.82, 2.24) is 15.1 Å². The summed E-state index contributed by atoms with van der Waals surface area (Å²) in [6, 6.07) is 10.7. The second-order valence-electron chi connectivity index (χ2n) is 12.3. The highest BCUT2D eigenvalue weighted by molar-refractivity contribution is 7.91. The molecule has 1 aromatic rings. The van der Waals surface area contributed by atoms with Crippen LogP contribution in [0.2, 0.25) is 0 Å². The predicted molar refractivity (Wildman–Crippen MR) is 142 cm³/mol. The number of hydrogen-bond acceptors (Lipinski definition) is 5. The van der Waals surface area contributed by atoms with Gasteiger partial charge in [0.15, 0.2) is 0 Å². The number of nitrogens with one attached hydrogen (secondary N) is 1. The van der Waals surface area contributed by atoms with Crippen molar-refractivity contribution in [3.05, 3.63) is 35.9 Å². The smallest absolute Gasteiger partial charge is 0.225 e. The summed E-state index contributed by atoms with van der Waals surface area (Å²) in [5.74, 6) is 0.440. The van der Waals surface area contributed by atoms with E-state index in [0.717, 1.165) is 32.2 Å². The van der Waals surface area contributed by atoms with Crippen LogP contribution in [0.1, 0.15) is 70.8 Å². The maximum atomic E-state index is 13.0. The van der Waals surface area contributed by atoms with Gasteiger partial charge < -0.3 is 10.2 Å². The first-order valence-electron chi connectivity index (χ1n) is 13.4. The maximum absolute atomic E-state index is 13.0. The van der Waals surface area contributed by atoms with Gasteiger partial charge in [-0.25, -0.2) is 8.42 Å². The number of benzene rings is 1. The molecule has 7 nitrogen and oxygen atoms in total. The molecule has 2 saturated heterocycles. The van der Waals surface area contributed by atoms with E-state index in [1.54, 1.807) is 0 Å². The molecule has 2 amide bonds. The molecule has 3 aliphatic rings. The molecule has 4 rings (SSSR count). The van der Waals surface area contributed by atoms with Crippen molar-refractivity contribution in [3.63, 3.8) is 0 Å². The zero-order chi connectivity index (χ0) is 26.2. The van der Waals surface area contributed by atoms with Crippen molar-refractivity contribution >= 4 is 21.7 Å². The second-order valence-corrected chi connectivity index (χ2v) is 14.6. The molecule has 3 fully saturated rings. The van der Waals surface area contributed by atoms with E-state index in [1.807, 2.05) is 18.7 Å². The number of carbonyl (C=O) groups excluding carboxylic acids is 2. The van der Waals surface area contributed by atoms with E-state index in [1.165, 1.54) is 5.56 Å². The van der Waals surface area contributed by atoms with Gasteiger partial charge in [-0.2, -0.15) is 0 Å². The fraction of sp³-hybridized carbons (Fsp3) is 0.714. The summed E-state index contributed by atoms with van der Waals surface area (Å²) >= 11 is 0. The van der Waals surface area contributed by atoms with Gasteiger partial charge in [0.1, 0.15) is 9.84 Å². The highest BCUT2D eigenvalue weighted by Crippen LogP contribution is 2.52. The number of hydrogen-bond donors (Lipinski definition) is 1. The number of carbonyl (C=O) groups is 2. The van der Waals surface area contributed by atoms with Crippen molar-refractivity contribution in [2.24, 2.45) is 10.8 Å². The van der Waals surface area contributed by atoms with Gasteiger partial charge >= 0.3 is 0 Å². The summed E-state index contributed by atoms with van der Waals surface area (Å²) < 4.78 is 23.4. The fourth-order valence-corrected chi connectivity index (χ4v) is 7.89. The minimum atomic E-state index is -2.95. The number of sulfone groups is 1. The summed E-state index contributed by atoms with van der Waals surface area (Å²) in [5, 5.41) is 3.06. The summed E-state index contributed by atoms with van der Waals surface area (Å²) in [4.78, 5) is 30.3. The molecule has 1 aromatic carbocycles. The Kier molecular flexibility index (Phi) is 7.60. The largest absolute Gasteiger partial charge is 0.353 e. The first-order chi connectivity index (χ1) is 16.9. The Morgan fingerprint density at radius 1 is 1.08 bits per heavy atom. The van der Waals surface area contributed by atoms with Crippen molar-refractivity contribution in [1.29, 1.82) is 0 Å². The standard InChI is InChI=1S/C28H43N3O4S/c1-26(2,25(33)29-23-10-18-36(34,35)19-11-23)16-17-31-21-27(20-24(31)32)12-14-28(15-13-27,30(3)4)22-8-6-5-7-9-22/h5-9,23H,10-21H2,1-4H3,(H,29,33). The van der Waals surface area contributed by atoms with Crippen LogP contribution in [-0.4, -0.2) is 74.8 Å². The Hall–Kier alpha value is -1.93. The van der Waals surface area contributed by atoms with Gasteiger partial charge in [0.25, 0.3) is 0 Å². The number of rotatable bonds is 7. The molecule has 1 saturated carbocycles. The normalized spacial score (nSPS) is 26.5. The van der Waals surface area contributed by atoms with Crippen molar-refractivity contribution in [3.8, 4) is 0 Å².